The number of unbranched alkanes of at least 4 members (excludes halogenated alkanes) is 5. The zero-order valence-electron chi connectivity index (χ0n) is 19.5. The van der Waals surface area contributed by atoms with Crippen LogP contribution in [0.2, 0.25) is 5.02 Å². The van der Waals surface area contributed by atoms with E-state index in [4.69, 9.17) is 16.7 Å². The Morgan fingerprint density at radius 2 is 1.75 bits per heavy atom. The first-order valence-corrected chi connectivity index (χ1v) is 11.9. The maximum absolute atomic E-state index is 10.5. The van der Waals surface area contributed by atoms with Crippen LogP contribution in [0.4, 0.5) is 0 Å². The molecule has 1 heterocycles. The van der Waals surface area contributed by atoms with Gasteiger partial charge in [0.25, 0.3) is 0 Å². The molecule has 0 saturated heterocycles. The summed E-state index contributed by atoms with van der Waals surface area (Å²) in [6.45, 7) is 4.33. The molecule has 1 aliphatic heterocycles. The highest BCUT2D eigenvalue weighted by Gasteiger charge is 2.17. The summed E-state index contributed by atoms with van der Waals surface area (Å²) in [7, 11) is 1.66. The van der Waals surface area contributed by atoms with E-state index in [-0.39, 0.29) is 12.6 Å². The van der Waals surface area contributed by atoms with Gasteiger partial charge in [-0.25, -0.2) is 10.1 Å². The molecular formula is C26H36ClN3O2. The van der Waals surface area contributed by atoms with E-state index in [1.807, 2.05) is 49.4 Å². The number of nitrogens with zero attached hydrogens (tertiary/aromatic N) is 3. The van der Waals surface area contributed by atoms with Crippen LogP contribution in [-0.4, -0.2) is 40.9 Å². The van der Waals surface area contributed by atoms with E-state index < -0.39 is 0 Å². The van der Waals surface area contributed by atoms with Crippen LogP contribution < -0.4 is 10.6 Å². The monoisotopic (exact) mass is 457 g/mol. The lowest BCUT2D eigenvalue weighted by Crippen LogP contribution is -2.31. The summed E-state index contributed by atoms with van der Waals surface area (Å²) < 4.78 is 0. The van der Waals surface area contributed by atoms with Gasteiger partial charge in [-0.3, -0.25) is 10.2 Å². The van der Waals surface area contributed by atoms with Gasteiger partial charge in [0.2, 0.25) is 0 Å². The standard InChI is InChI=1S/C16H14ClN3O.C10H22O/c1-18-15-10-20(21)16(11-5-3-2-4-6-11)13-9-12(17)7-8-14(13)19-15;1-3-4-5-6-7-8-9-10(2)11/h2-9,21H,10H2,1H3;10-11H,3-9H2,1-2H3. The van der Waals surface area contributed by atoms with Crippen LogP contribution in [0.1, 0.15) is 64.4 Å². The van der Waals surface area contributed by atoms with Gasteiger partial charge in [0.1, 0.15) is 12.4 Å². The molecule has 1 unspecified atom stereocenters. The molecule has 2 N–H and O–H groups in total. The lowest BCUT2D eigenvalue weighted by atomic mass is 10.1. The lowest BCUT2D eigenvalue weighted by molar-refractivity contribution is -0.0119. The zero-order chi connectivity index (χ0) is 23.3. The van der Waals surface area contributed by atoms with E-state index in [0.29, 0.717) is 16.6 Å². The largest absolute Gasteiger partial charge is 0.393 e. The number of hydrogen-bond acceptors (Lipinski definition) is 4. The van der Waals surface area contributed by atoms with Crippen molar-refractivity contribution in [3.63, 3.8) is 0 Å². The number of fused-ring (bicyclic) bond motifs is 1. The molecule has 2 aromatic carbocycles. The van der Waals surface area contributed by atoms with Crippen molar-refractivity contribution in [2.24, 2.45) is 9.98 Å². The maximum Gasteiger partial charge on any atom is 0.145 e. The van der Waals surface area contributed by atoms with Crippen molar-refractivity contribution in [2.75, 3.05) is 13.6 Å². The normalized spacial score (nSPS) is 15.4. The van der Waals surface area contributed by atoms with E-state index in [2.05, 4.69) is 16.9 Å². The predicted molar refractivity (Wildman–Crippen MR) is 133 cm³/mol. The fourth-order valence-electron chi connectivity index (χ4n) is 3.56. The van der Waals surface area contributed by atoms with Crippen LogP contribution in [0.5, 0.6) is 0 Å². The summed E-state index contributed by atoms with van der Waals surface area (Å²) in [6, 6.07) is 15.1. The van der Waals surface area contributed by atoms with Crippen LogP contribution in [0, 0.1) is 0 Å². The van der Waals surface area contributed by atoms with Gasteiger partial charge in [-0.15, -0.1) is 0 Å². The van der Waals surface area contributed by atoms with Gasteiger partial charge >= 0.3 is 0 Å². The number of rotatable bonds is 8. The maximum atomic E-state index is 10.5. The molecule has 174 valence electrons. The number of aliphatic hydroxyl groups is 1. The number of hydroxylamine groups is 2. The van der Waals surface area contributed by atoms with Crippen molar-refractivity contribution >= 4 is 23.1 Å². The van der Waals surface area contributed by atoms with Gasteiger partial charge in [-0.2, -0.15) is 0 Å². The summed E-state index contributed by atoms with van der Waals surface area (Å²) in [6.07, 6.45) is 8.78. The number of halogens is 1. The summed E-state index contributed by atoms with van der Waals surface area (Å²) >= 11 is 6.12. The Bertz CT molecular complexity index is 974. The molecule has 1 atom stereocenters. The molecule has 5 nitrogen and oxygen atoms in total. The van der Waals surface area contributed by atoms with Gasteiger partial charge in [0.15, 0.2) is 0 Å². The van der Waals surface area contributed by atoms with E-state index in [0.717, 1.165) is 22.6 Å². The Morgan fingerprint density at radius 3 is 2.41 bits per heavy atom. The third-order valence-electron chi connectivity index (χ3n) is 5.29. The van der Waals surface area contributed by atoms with Gasteiger partial charge < -0.3 is 5.11 Å². The number of amidine groups is 1. The molecule has 2 aromatic rings. The molecule has 0 bridgehead atoms. The van der Waals surface area contributed by atoms with Crippen LogP contribution in [0.15, 0.2) is 58.5 Å². The molecule has 0 fully saturated rings. The second-order valence-electron chi connectivity index (χ2n) is 8.09. The van der Waals surface area contributed by atoms with Gasteiger partial charge in [-0.1, -0.05) is 87.4 Å². The average Bonchev–Trinajstić information content (AvgIpc) is 2.92. The topological polar surface area (TPSA) is 68.4 Å². The van der Waals surface area contributed by atoms with Crippen molar-refractivity contribution in [3.05, 3.63) is 69.7 Å². The molecule has 0 aliphatic carbocycles. The number of hydrogen-bond donors (Lipinski definition) is 2. The molecular weight excluding hydrogens is 422 g/mol. The third kappa shape index (κ3) is 8.38. The second-order valence-corrected chi connectivity index (χ2v) is 8.53. The Morgan fingerprint density at radius 1 is 1.06 bits per heavy atom. The Kier molecular flexibility index (Phi) is 11.4. The van der Waals surface area contributed by atoms with E-state index in [1.54, 1.807) is 13.1 Å². The molecule has 1 aliphatic rings. The van der Waals surface area contributed by atoms with Gasteiger partial charge in [-0.05, 0) is 31.5 Å². The molecule has 0 spiro atoms. The number of aliphatic imine (C=N–C) groups is 1. The average molecular weight is 458 g/mol. The van der Waals surface area contributed by atoms with E-state index in [9.17, 15) is 5.21 Å². The fraction of sp³-hybridized carbons (Fsp3) is 0.462. The van der Waals surface area contributed by atoms with Gasteiger partial charge in [0, 0.05) is 22.9 Å². The summed E-state index contributed by atoms with van der Waals surface area (Å²) in [5, 5.41) is 22.7. The van der Waals surface area contributed by atoms with Crippen molar-refractivity contribution in [1.29, 1.82) is 0 Å². The highest BCUT2D eigenvalue weighted by atomic mass is 35.5. The third-order valence-corrected chi connectivity index (χ3v) is 5.53. The molecule has 0 amide bonds. The first-order chi connectivity index (χ1) is 15.5. The Balaban J connectivity index is 0.000000282. The van der Waals surface area contributed by atoms with Crippen molar-refractivity contribution < 1.29 is 10.3 Å². The smallest absolute Gasteiger partial charge is 0.145 e. The minimum absolute atomic E-state index is 0.0961. The fourth-order valence-corrected chi connectivity index (χ4v) is 3.74. The van der Waals surface area contributed by atoms with Crippen molar-refractivity contribution in [2.45, 2.75) is 64.9 Å². The highest BCUT2D eigenvalue weighted by Crippen LogP contribution is 2.16. The van der Waals surface area contributed by atoms with Crippen molar-refractivity contribution in [1.82, 2.24) is 5.06 Å². The molecule has 0 aromatic heterocycles. The molecule has 0 saturated carbocycles. The Hall–Kier alpha value is -2.21. The van der Waals surface area contributed by atoms with Crippen LogP contribution in [0.25, 0.3) is 5.70 Å². The zero-order valence-corrected chi connectivity index (χ0v) is 20.2. The van der Waals surface area contributed by atoms with Crippen LogP contribution in [0.3, 0.4) is 0 Å². The van der Waals surface area contributed by atoms with Crippen LogP contribution in [-0.2, 0) is 0 Å². The quantitative estimate of drug-likeness (QED) is 0.550. The van der Waals surface area contributed by atoms with E-state index >= 15 is 0 Å². The molecule has 32 heavy (non-hydrogen) atoms. The lowest BCUT2D eigenvalue weighted by Gasteiger charge is -2.19. The van der Waals surface area contributed by atoms with Gasteiger partial charge in [0.05, 0.1) is 17.2 Å². The second kappa shape index (κ2) is 14.0. The van der Waals surface area contributed by atoms with E-state index in [1.165, 1.54) is 43.6 Å². The van der Waals surface area contributed by atoms with Crippen molar-refractivity contribution in [3.8, 4) is 0 Å². The molecule has 3 rings (SSSR count). The number of aliphatic hydroxyl groups excluding tert-OH is 1. The first kappa shape index (κ1) is 26.0. The predicted octanol–water partition coefficient (Wildman–Crippen LogP) is 4.97. The summed E-state index contributed by atoms with van der Waals surface area (Å²) in [5.74, 6) is 0.562. The Labute approximate surface area is 196 Å². The summed E-state index contributed by atoms with van der Waals surface area (Å²) in [5.41, 5.74) is 1.58. The SMILES string of the molecule is CCCCCCCCC(C)O.CN=C1CN(O)C(c2ccccc2)=c2cc(Cl)ccc2=N1. The first-order valence-electron chi connectivity index (χ1n) is 11.5. The molecule has 6 heteroatoms. The number of benzene rings is 2. The minimum Gasteiger partial charge on any atom is -0.393 e. The highest BCUT2D eigenvalue weighted by molar-refractivity contribution is 6.30. The molecule has 0 radical (unpaired) electrons. The van der Waals surface area contributed by atoms with Crippen LogP contribution >= 0.6 is 11.6 Å². The minimum atomic E-state index is -0.0961. The summed E-state index contributed by atoms with van der Waals surface area (Å²) in [4.78, 5) is 8.60.